The first-order valence-electron chi connectivity index (χ1n) is 5.99. The standard InChI is InChI=1S/C13H19NO3/c1-2-17-11-5-3-10(4-6-11)7-14-8-12(15)13(16)9-14/h3-6,12-13,15-16H,2,7-9H2,1H3. The molecule has 2 atom stereocenters. The van der Waals surface area contributed by atoms with Gasteiger partial charge in [0.25, 0.3) is 0 Å². The largest absolute Gasteiger partial charge is 0.494 e. The van der Waals surface area contributed by atoms with Crippen molar-refractivity contribution in [3.8, 4) is 5.75 Å². The van der Waals surface area contributed by atoms with Gasteiger partial charge >= 0.3 is 0 Å². The average molecular weight is 237 g/mol. The molecule has 17 heavy (non-hydrogen) atoms. The second kappa shape index (κ2) is 5.49. The van der Waals surface area contributed by atoms with Crippen LogP contribution in [-0.2, 0) is 6.54 Å². The van der Waals surface area contributed by atoms with Crippen LogP contribution in [0.15, 0.2) is 24.3 Å². The molecule has 0 aliphatic carbocycles. The number of hydrogen-bond donors (Lipinski definition) is 2. The Morgan fingerprint density at radius 1 is 1.18 bits per heavy atom. The van der Waals surface area contributed by atoms with Gasteiger partial charge in [0, 0.05) is 19.6 Å². The Bertz CT molecular complexity index is 342. The molecule has 0 amide bonds. The third-order valence-electron chi connectivity index (χ3n) is 2.98. The van der Waals surface area contributed by atoms with E-state index in [9.17, 15) is 10.2 Å². The lowest BCUT2D eigenvalue weighted by Crippen LogP contribution is -2.22. The van der Waals surface area contributed by atoms with E-state index in [-0.39, 0.29) is 0 Å². The quantitative estimate of drug-likeness (QED) is 0.806. The number of β-amino-alcohol motifs (C(OH)–C–C–N with tert-alkyl or cyclic N) is 2. The summed E-state index contributed by atoms with van der Waals surface area (Å²) in [5, 5.41) is 18.9. The van der Waals surface area contributed by atoms with Gasteiger partial charge < -0.3 is 14.9 Å². The van der Waals surface area contributed by atoms with Gasteiger partial charge in [-0.3, -0.25) is 4.90 Å². The van der Waals surface area contributed by atoms with E-state index in [2.05, 4.69) is 0 Å². The highest BCUT2D eigenvalue weighted by atomic mass is 16.5. The van der Waals surface area contributed by atoms with Crippen LogP contribution in [0.4, 0.5) is 0 Å². The zero-order valence-electron chi connectivity index (χ0n) is 10.0. The number of hydrogen-bond acceptors (Lipinski definition) is 4. The first kappa shape index (κ1) is 12.4. The van der Waals surface area contributed by atoms with Gasteiger partial charge in [-0.25, -0.2) is 0 Å². The molecule has 0 radical (unpaired) electrons. The SMILES string of the molecule is CCOc1ccc(CN2CC(O)C(O)C2)cc1. The van der Waals surface area contributed by atoms with Crippen LogP contribution in [0.3, 0.4) is 0 Å². The molecule has 0 saturated carbocycles. The Labute approximate surface area is 101 Å². The monoisotopic (exact) mass is 237 g/mol. The van der Waals surface area contributed by atoms with Crippen molar-refractivity contribution < 1.29 is 14.9 Å². The second-order valence-electron chi connectivity index (χ2n) is 4.41. The lowest BCUT2D eigenvalue weighted by molar-refractivity contribution is 0.0572. The van der Waals surface area contributed by atoms with E-state index in [0.717, 1.165) is 17.9 Å². The Balaban J connectivity index is 1.91. The van der Waals surface area contributed by atoms with Crippen molar-refractivity contribution in [3.05, 3.63) is 29.8 Å². The first-order valence-corrected chi connectivity index (χ1v) is 5.99. The van der Waals surface area contributed by atoms with Crippen LogP contribution in [0.5, 0.6) is 5.75 Å². The Hall–Kier alpha value is -1.10. The minimum Gasteiger partial charge on any atom is -0.494 e. The molecule has 1 heterocycles. The number of nitrogens with zero attached hydrogens (tertiary/aromatic N) is 1. The van der Waals surface area contributed by atoms with Crippen molar-refractivity contribution in [3.63, 3.8) is 0 Å². The van der Waals surface area contributed by atoms with Crippen molar-refractivity contribution >= 4 is 0 Å². The summed E-state index contributed by atoms with van der Waals surface area (Å²) < 4.78 is 5.37. The molecule has 2 N–H and O–H groups in total. The molecular formula is C13H19NO3. The van der Waals surface area contributed by atoms with Gasteiger partial charge in [0.15, 0.2) is 0 Å². The zero-order chi connectivity index (χ0) is 12.3. The molecule has 4 nitrogen and oxygen atoms in total. The number of rotatable bonds is 4. The number of aliphatic hydroxyl groups is 2. The zero-order valence-corrected chi connectivity index (χ0v) is 10.0. The topological polar surface area (TPSA) is 52.9 Å². The summed E-state index contributed by atoms with van der Waals surface area (Å²) in [5.74, 6) is 0.873. The van der Waals surface area contributed by atoms with Gasteiger partial charge in [-0.05, 0) is 24.6 Å². The average Bonchev–Trinajstić information content (AvgIpc) is 2.61. The van der Waals surface area contributed by atoms with Crippen LogP contribution >= 0.6 is 0 Å². The van der Waals surface area contributed by atoms with Crippen molar-refractivity contribution in [1.82, 2.24) is 4.90 Å². The molecule has 1 aromatic rings. The highest BCUT2D eigenvalue weighted by molar-refractivity contribution is 5.27. The van der Waals surface area contributed by atoms with Crippen molar-refractivity contribution in [2.24, 2.45) is 0 Å². The van der Waals surface area contributed by atoms with Crippen LogP contribution < -0.4 is 4.74 Å². The van der Waals surface area contributed by atoms with E-state index in [1.54, 1.807) is 0 Å². The number of benzene rings is 1. The van der Waals surface area contributed by atoms with Gasteiger partial charge in [0.05, 0.1) is 18.8 Å². The Morgan fingerprint density at radius 3 is 2.29 bits per heavy atom. The molecule has 2 unspecified atom stereocenters. The predicted octanol–water partition coefficient (Wildman–Crippen LogP) is 0.623. The molecule has 0 spiro atoms. The third-order valence-corrected chi connectivity index (χ3v) is 2.98. The Morgan fingerprint density at radius 2 is 1.76 bits per heavy atom. The molecular weight excluding hydrogens is 218 g/mol. The summed E-state index contributed by atoms with van der Waals surface area (Å²) in [7, 11) is 0. The van der Waals surface area contributed by atoms with E-state index < -0.39 is 12.2 Å². The van der Waals surface area contributed by atoms with Gasteiger partial charge in [0.1, 0.15) is 5.75 Å². The molecule has 1 aliphatic heterocycles. The molecule has 1 aliphatic rings. The number of ether oxygens (including phenoxy) is 1. The second-order valence-corrected chi connectivity index (χ2v) is 4.41. The van der Waals surface area contributed by atoms with Gasteiger partial charge in [-0.1, -0.05) is 12.1 Å². The third kappa shape index (κ3) is 3.19. The summed E-state index contributed by atoms with van der Waals surface area (Å²) in [6, 6.07) is 7.92. The van der Waals surface area contributed by atoms with Gasteiger partial charge in [0.2, 0.25) is 0 Å². The molecule has 0 aromatic heterocycles. The Kier molecular flexibility index (Phi) is 3.99. The maximum Gasteiger partial charge on any atom is 0.119 e. The molecule has 1 aromatic carbocycles. The minimum atomic E-state index is -0.613. The molecule has 1 fully saturated rings. The lowest BCUT2D eigenvalue weighted by Gasteiger charge is -2.14. The van der Waals surface area contributed by atoms with E-state index in [1.807, 2.05) is 36.1 Å². The summed E-state index contributed by atoms with van der Waals surface area (Å²) in [4.78, 5) is 2.05. The highest BCUT2D eigenvalue weighted by Gasteiger charge is 2.29. The smallest absolute Gasteiger partial charge is 0.119 e. The van der Waals surface area contributed by atoms with E-state index in [0.29, 0.717) is 19.7 Å². The number of likely N-dealkylation sites (tertiary alicyclic amines) is 1. The minimum absolute atomic E-state index is 0.536. The van der Waals surface area contributed by atoms with E-state index >= 15 is 0 Å². The van der Waals surface area contributed by atoms with E-state index in [4.69, 9.17) is 4.74 Å². The highest BCUT2D eigenvalue weighted by Crippen LogP contribution is 2.17. The molecule has 4 heteroatoms. The molecule has 2 rings (SSSR count). The predicted molar refractivity (Wildman–Crippen MR) is 64.9 cm³/mol. The molecule has 94 valence electrons. The fraction of sp³-hybridized carbons (Fsp3) is 0.538. The summed E-state index contributed by atoms with van der Waals surface area (Å²) >= 11 is 0. The fourth-order valence-corrected chi connectivity index (χ4v) is 2.09. The first-order chi connectivity index (χ1) is 8.19. The number of aliphatic hydroxyl groups excluding tert-OH is 2. The van der Waals surface area contributed by atoms with Crippen LogP contribution in [0.2, 0.25) is 0 Å². The molecule has 0 bridgehead atoms. The maximum absolute atomic E-state index is 9.45. The summed E-state index contributed by atoms with van der Waals surface area (Å²) in [6.45, 7) is 4.45. The van der Waals surface area contributed by atoms with Crippen LogP contribution in [-0.4, -0.2) is 47.0 Å². The summed E-state index contributed by atoms with van der Waals surface area (Å²) in [6.07, 6.45) is -1.23. The summed E-state index contributed by atoms with van der Waals surface area (Å²) in [5.41, 5.74) is 1.16. The maximum atomic E-state index is 9.45. The fourth-order valence-electron chi connectivity index (χ4n) is 2.09. The molecule has 1 saturated heterocycles. The van der Waals surface area contributed by atoms with Crippen LogP contribution in [0, 0.1) is 0 Å². The van der Waals surface area contributed by atoms with Crippen molar-refractivity contribution in [2.75, 3.05) is 19.7 Å². The van der Waals surface area contributed by atoms with Crippen molar-refractivity contribution in [2.45, 2.75) is 25.7 Å². The van der Waals surface area contributed by atoms with Crippen LogP contribution in [0.1, 0.15) is 12.5 Å². The van der Waals surface area contributed by atoms with E-state index in [1.165, 1.54) is 0 Å². The van der Waals surface area contributed by atoms with Gasteiger partial charge in [-0.15, -0.1) is 0 Å². The van der Waals surface area contributed by atoms with Crippen LogP contribution in [0.25, 0.3) is 0 Å². The van der Waals surface area contributed by atoms with Crippen molar-refractivity contribution in [1.29, 1.82) is 0 Å². The lowest BCUT2D eigenvalue weighted by atomic mass is 10.2. The normalized spacial score (nSPS) is 25.1. The van der Waals surface area contributed by atoms with Gasteiger partial charge in [-0.2, -0.15) is 0 Å².